The van der Waals surface area contributed by atoms with Crippen molar-refractivity contribution >= 4 is 26.8 Å². The van der Waals surface area contributed by atoms with Gasteiger partial charge in [-0.3, -0.25) is 4.79 Å². The number of carbonyl (C=O) groups is 1. The quantitative estimate of drug-likeness (QED) is 0.697. The zero-order valence-corrected chi connectivity index (χ0v) is 15.2. The van der Waals surface area contributed by atoms with Gasteiger partial charge in [-0.1, -0.05) is 30.3 Å². The number of fused-ring (bicyclic) bond motifs is 1. The van der Waals surface area contributed by atoms with Gasteiger partial charge in [0.1, 0.15) is 0 Å². The lowest BCUT2D eigenvalue weighted by molar-refractivity contribution is -0.121. The third-order valence-corrected chi connectivity index (χ3v) is 5.28. The van der Waals surface area contributed by atoms with Crippen molar-refractivity contribution in [2.24, 2.45) is 5.14 Å². The van der Waals surface area contributed by atoms with E-state index in [2.05, 4.69) is 9.88 Å². The Balaban J connectivity index is 1.59. The lowest BCUT2D eigenvalue weighted by Gasteiger charge is -2.15. The molecule has 1 aromatic heterocycles. The molecule has 0 unspecified atom stereocenters. The van der Waals surface area contributed by atoms with Gasteiger partial charge >= 0.3 is 0 Å². The van der Waals surface area contributed by atoms with Crippen LogP contribution in [0.2, 0.25) is 0 Å². The molecular weight excluding hydrogens is 350 g/mol. The molecule has 0 spiro atoms. The van der Waals surface area contributed by atoms with E-state index in [4.69, 9.17) is 5.14 Å². The van der Waals surface area contributed by atoms with Crippen LogP contribution in [-0.2, 0) is 21.4 Å². The Labute approximate surface area is 152 Å². The molecule has 0 radical (unpaired) electrons. The average Bonchev–Trinajstić information content (AvgIpc) is 3.02. The topological polar surface area (TPSA) is 94.2 Å². The Morgan fingerprint density at radius 1 is 1.12 bits per heavy atom. The van der Waals surface area contributed by atoms with Crippen LogP contribution in [-0.4, -0.2) is 18.9 Å². The summed E-state index contributed by atoms with van der Waals surface area (Å²) in [6.45, 7) is 2.45. The van der Waals surface area contributed by atoms with Crippen molar-refractivity contribution in [3.8, 4) is 0 Å². The van der Waals surface area contributed by atoms with Crippen LogP contribution in [0.5, 0.6) is 0 Å². The Hall–Kier alpha value is -2.64. The molecule has 1 heterocycles. The standard InChI is InChI=1S/C19H21N3O3S/c1-14(15-6-8-17(9-7-15)26(20,24)25)21-19(23)11-13-22-12-10-16-4-2-3-5-18(16)22/h2-10,12,14H,11,13H2,1H3,(H,21,23)(H2,20,24,25)/t14-/m0/s1. The fraction of sp³-hybridized carbons (Fsp3) is 0.211. The molecule has 1 amide bonds. The summed E-state index contributed by atoms with van der Waals surface area (Å²) in [6, 6.07) is 16.0. The zero-order chi connectivity index (χ0) is 18.7. The smallest absolute Gasteiger partial charge is 0.238 e. The summed E-state index contributed by atoms with van der Waals surface area (Å²) < 4.78 is 24.6. The van der Waals surface area contributed by atoms with E-state index in [1.165, 1.54) is 12.1 Å². The minimum Gasteiger partial charge on any atom is -0.350 e. The van der Waals surface area contributed by atoms with E-state index in [0.717, 1.165) is 16.5 Å². The van der Waals surface area contributed by atoms with E-state index in [0.29, 0.717) is 13.0 Å². The molecule has 0 saturated carbocycles. The van der Waals surface area contributed by atoms with E-state index in [1.54, 1.807) is 12.1 Å². The maximum Gasteiger partial charge on any atom is 0.238 e. The summed E-state index contributed by atoms with van der Waals surface area (Å²) >= 11 is 0. The van der Waals surface area contributed by atoms with Gasteiger partial charge < -0.3 is 9.88 Å². The second-order valence-electron chi connectivity index (χ2n) is 6.22. The van der Waals surface area contributed by atoms with Crippen LogP contribution in [0, 0.1) is 0 Å². The summed E-state index contributed by atoms with van der Waals surface area (Å²) in [5, 5.41) is 9.17. The monoisotopic (exact) mass is 371 g/mol. The molecular formula is C19H21N3O3S. The Morgan fingerprint density at radius 3 is 2.50 bits per heavy atom. The number of nitrogens with two attached hydrogens (primary N) is 1. The largest absolute Gasteiger partial charge is 0.350 e. The number of primary sulfonamides is 1. The van der Waals surface area contributed by atoms with Gasteiger partial charge in [0.2, 0.25) is 15.9 Å². The van der Waals surface area contributed by atoms with Crippen molar-refractivity contribution in [1.29, 1.82) is 0 Å². The van der Waals surface area contributed by atoms with Gasteiger partial charge in [0.15, 0.2) is 0 Å². The highest BCUT2D eigenvalue weighted by atomic mass is 32.2. The summed E-state index contributed by atoms with van der Waals surface area (Å²) in [7, 11) is -3.71. The third-order valence-electron chi connectivity index (χ3n) is 4.35. The van der Waals surface area contributed by atoms with Gasteiger partial charge in [-0.2, -0.15) is 0 Å². The molecule has 0 aliphatic heterocycles. The lowest BCUT2D eigenvalue weighted by atomic mass is 10.1. The first-order valence-corrected chi connectivity index (χ1v) is 9.85. The molecule has 0 aliphatic rings. The van der Waals surface area contributed by atoms with Crippen LogP contribution in [0.4, 0.5) is 0 Å². The molecule has 0 aliphatic carbocycles. The first-order valence-electron chi connectivity index (χ1n) is 8.30. The minimum atomic E-state index is -3.71. The Kier molecular flexibility index (Phi) is 5.11. The fourth-order valence-corrected chi connectivity index (χ4v) is 3.42. The number of hydrogen-bond acceptors (Lipinski definition) is 3. The highest BCUT2D eigenvalue weighted by Crippen LogP contribution is 2.17. The van der Waals surface area contributed by atoms with Crippen molar-refractivity contribution in [3.05, 3.63) is 66.4 Å². The van der Waals surface area contributed by atoms with Crippen LogP contribution in [0.25, 0.3) is 10.9 Å². The van der Waals surface area contributed by atoms with Crippen LogP contribution in [0.1, 0.15) is 24.9 Å². The summed E-state index contributed by atoms with van der Waals surface area (Å²) in [5.74, 6) is -0.0641. The number of carbonyl (C=O) groups excluding carboxylic acids is 1. The Bertz CT molecular complexity index is 1020. The number of rotatable bonds is 6. The molecule has 0 fully saturated rings. The van der Waals surface area contributed by atoms with E-state index in [9.17, 15) is 13.2 Å². The van der Waals surface area contributed by atoms with Crippen LogP contribution in [0.3, 0.4) is 0 Å². The number of amides is 1. The van der Waals surface area contributed by atoms with Gasteiger partial charge in [0.25, 0.3) is 0 Å². The van der Waals surface area contributed by atoms with E-state index >= 15 is 0 Å². The second kappa shape index (κ2) is 7.31. The molecule has 7 heteroatoms. The maximum absolute atomic E-state index is 12.2. The molecule has 3 rings (SSSR count). The van der Waals surface area contributed by atoms with Crippen molar-refractivity contribution in [2.75, 3.05) is 0 Å². The number of hydrogen-bond donors (Lipinski definition) is 2. The number of nitrogens with zero attached hydrogens (tertiary/aromatic N) is 1. The first-order chi connectivity index (χ1) is 12.3. The highest BCUT2D eigenvalue weighted by molar-refractivity contribution is 7.89. The fourth-order valence-electron chi connectivity index (χ4n) is 2.90. The zero-order valence-electron chi connectivity index (χ0n) is 14.4. The van der Waals surface area contributed by atoms with E-state index in [-0.39, 0.29) is 16.8 Å². The van der Waals surface area contributed by atoms with Crippen molar-refractivity contribution in [2.45, 2.75) is 30.8 Å². The molecule has 6 nitrogen and oxygen atoms in total. The first kappa shape index (κ1) is 18.2. The number of aromatic nitrogens is 1. The minimum absolute atomic E-state index is 0.0549. The summed E-state index contributed by atoms with van der Waals surface area (Å²) in [6.07, 6.45) is 2.34. The SMILES string of the molecule is C[C@H](NC(=O)CCn1ccc2ccccc21)c1ccc(S(N)(=O)=O)cc1. The molecule has 0 saturated heterocycles. The van der Waals surface area contributed by atoms with Crippen LogP contribution >= 0.6 is 0 Å². The predicted octanol–water partition coefficient (Wildman–Crippen LogP) is 2.56. The van der Waals surface area contributed by atoms with Crippen molar-refractivity contribution < 1.29 is 13.2 Å². The normalized spacial score (nSPS) is 12.8. The molecule has 3 aromatic rings. The van der Waals surface area contributed by atoms with Crippen molar-refractivity contribution in [1.82, 2.24) is 9.88 Å². The predicted molar refractivity (Wildman–Crippen MR) is 101 cm³/mol. The number of para-hydroxylation sites is 1. The number of nitrogens with one attached hydrogen (secondary N) is 1. The maximum atomic E-state index is 12.2. The van der Waals surface area contributed by atoms with Gasteiger partial charge in [0.05, 0.1) is 10.9 Å². The van der Waals surface area contributed by atoms with Gasteiger partial charge in [-0.15, -0.1) is 0 Å². The molecule has 3 N–H and O–H groups in total. The number of aryl methyl sites for hydroxylation is 1. The summed E-state index contributed by atoms with van der Waals surface area (Å²) in [4.78, 5) is 12.3. The summed E-state index contributed by atoms with van der Waals surface area (Å²) in [5.41, 5.74) is 1.92. The van der Waals surface area contributed by atoms with Crippen molar-refractivity contribution in [3.63, 3.8) is 0 Å². The molecule has 136 valence electrons. The average molecular weight is 371 g/mol. The molecule has 0 bridgehead atoms. The molecule has 1 atom stereocenters. The number of sulfonamides is 1. The molecule has 26 heavy (non-hydrogen) atoms. The Morgan fingerprint density at radius 2 is 1.81 bits per heavy atom. The van der Waals surface area contributed by atoms with E-state index < -0.39 is 10.0 Å². The van der Waals surface area contributed by atoms with Crippen LogP contribution < -0.4 is 10.5 Å². The number of benzene rings is 2. The second-order valence-corrected chi connectivity index (χ2v) is 7.78. The third kappa shape index (κ3) is 4.12. The van der Waals surface area contributed by atoms with Gasteiger partial charge in [0, 0.05) is 24.7 Å². The highest BCUT2D eigenvalue weighted by Gasteiger charge is 2.12. The van der Waals surface area contributed by atoms with Gasteiger partial charge in [-0.25, -0.2) is 13.6 Å². The molecule has 2 aromatic carbocycles. The van der Waals surface area contributed by atoms with Gasteiger partial charge in [-0.05, 0) is 42.1 Å². The van der Waals surface area contributed by atoms with Crippen LogP contribution in [0.15, 0.2) is 65.7 Å². The van der Waals surface area contributed by atoms with E-state index in [1.807, 2.05) is 43.5 Å². The lowest BCUT2D eigenvalue weighted by Crippen LogP contribution is -2.27.